The van der Waals surface area contributed by atoms with Crippen molar-refractivity contribution in [3.63, 3.8) is 0 Å². The molecule has 0 fully saturated rings. The molecule has 21 heavy (non-hydrogen) atoms. The van der Waals surface area contributed by atoms with Crippen LogP contribution >= 0.6 is 23.4 Å². The minimum absolute atomic E-state index is 0.00500. The predicted molar refractivity (Wildman–Crippen MR) is 79.4 cm³/mol. The molecule has 0 atom stereocenters. The molecule has 7 heteroatoms. The topological polar surface area (TPSA) is 52.1 Å². The van der Waals surface area contributed by atoms with E-state index in [0.29, 0.717) is 5.16 Å². The summed E-state index contributed by atoms with van der Waals surface area (Å²) in [5.74, 6) is -0.0482. The Balaban J connectivity index is 2.15. The summed E-state index contributed by atoms with van der Waals surface area (Å²) in [6.45, 7) is 2.03. The molecule has 0 spiro atoms. The smallest absolute Gasteiger partial charge is 0.364 e. The third-order valence-corrected chi connectivity index (χ3v) is 3.72. The van der Waals surface area contributed by atoms with Crippen LogP contribution in [0.3, 0.4) is 0 Å². The molecule has 0 unspecified atom stereocenters. The highest BCUT2D eigenvalue weighted by Gasteiger charge is 2.16. The second kappa shape index (κ2) is 7.38. The third-order valence-electron chi connectivity index (χ3n) is 2.37. The van der Waals surface area contributed by atoms with Crippen LogP contribution in [0.2, 0.25) is 5.02 Å². The fraction of sp³-hybridized carbons (Fsp3) is 0.214. The standard InChI is InChI=1S/C14H12ClFN2O2S/c1-2-7-21-14-17-8-11(15)12(18-14)13(19)20-10-5-3-9(16)4-6-10/h3-6,8H,2,7H2,1H3. The zero-order chi connectivity index (χ0) is 15.2. The van der Waals surface area contributed by atoms with Gasteiger partial charge in [-0.3, -0.25) is 0 Å². The van der Waals surface area contributed by atoms with E-state index in [4.69, 9.17) is 16.3 Å². The van der Waals surface area contributed by atoms with Crippen molar-refractivity contribution in [3.05, 3.63) is 47.0 Å². The van der Waals surface area contributed by atoms with Crippen LogP contribution in [-0.4, -0.2) is 21.7 Å². The van der Waals surface area contributed by atoms with Gasteiger partial charge in [-0.15, -0.1) is 0 Å². The van der Waals surface area contributed by atoms with Gasteiger partial charge >= 0.3 is 5.97 Å². The molecule has 1 aromatic carbocycles. The molecule has 0 saturated heterocycles. The van der Waals surface area contributed by atoms with Crippen molar-refractivity contribution in [2.45, 2.75) is 18.5 Å². The zero-order valence-corrected chi connectivity index (χ0v) is 12.7. The average molecular weight is 327 g/mol. The van der Waals surface area contributed by atoms with Gasteiger partial charge in [-0.1, -0.05) is 30.3 Å². The number of hydrogen-bond donors (Lipinski definition) is 0. The van der Waals surface area contributed by atoms with Crippen LogP contribution in [-0.2, 0) is 0 Å². The summed E-state index contributed by atoms with van der Waals surface area (Å²) in [5.41, 5.74) is -0.00500. The van der Waals surface area contributed by atoms with Gasteiger partial charge in [0.05, 0.1) is 11.2 Å². The number of thioether (sulfide) groups is 1. The largest absolute Gasteiger partial charge is 0.422 e. The summed E-state index contributed by atoms with van der Waals surface area (Å²) >= 11 is 7.35. The van der Waals surface area contributed by atoms with E-state index >= 15 is 0 Å². The van der Waals surface area contributed by atoms with Crippen LogP contribution in [0.1, 0.15) is 23.8 Å². The van der Waals surface area contributed by atoms with Gasteiger partial charge in [0.1, 0.15) is 11.6 Å². The van der Waals surface area contributed by atoms with E-state index in [9.17, 15) is 9.18 Å². The second-order valence-electron chi connectivity index (χ2n) is 4.04. The highest BCUT2D eigenvalue weighted by atomic mass is 35.5. The number of rotatable bonds is 5. The Morgan fingerprint density at radius 1 is 1.38 bits per heavy atom. The number of hydrogen-bond acceptors (Lipinski definition) is 5. The summed E-state index contributed by atoms with van der Waals surface area (Å²) in [4.78, 5) is 20.2. The van der Waals surface area contributed by atoms with Gasteiger partial charge in [0.15, 0.2) is 10.9 Å². The molecule has 0 bridgehead atoms. The van der Waals surface area contributed by atoms with Gasteiger partial charge in [-0.25, -0.2) is 19.2 Å². The van der Waals surface area contributed by atoms with E-state index in [-0.39, 0.29) is 16.5 Å². The van der Waals surface area contributed by atoms with Crippen molar-refractivity contribution in [3.8, 4) is 5.75 Å². The Kier molecular flexibility index (Phi) is 5.52. The van der Waals surface area contributed by atoms with E-state index in [1.807, 2.05) is 6.92 Å². The lowest BCUT2D eigenvalue weighted by atomic mass is 10.3. The lowest BCUT2D eigenvalue weighted by molar-refractivity contribution is 0.0727. The molecule has 2 rings (SSSR count). The molecule has 2 aromatic rings. The van der Waals surface area contributed by atoms with Crippen molar-refractivity contribution in [1.82, 2.24) is 9.97 Å². The highest BCUT2D eigenvalue weighted by Crippen LogP contribution is 2.21. The van der Waals surface area contributed by atoms with Gasteiger partial charge in [-0.05, 0) is 30.7 Å². The summed E-state index contributed by atoms with van der Waals surface area (Å²) in [7, 11) is 0. The van der Waals surface area contributed by atoms with Crippen molar-refractivity contribution >= 4 is 29.3 Å². The predicted octanol–water partition coefficient (Wildman–Crippen LogP) is 3.99. The SMILES string of the molecule is CCCSc1ncc(Cl)c(C(=O)Oc2ccc(F)cc2)n1. The van der Waals surface area contributed by atoms with E-state index in [2.05, 4.69) is 9.97 Å². The summed E-state index contributed by atoms with van der Waals surface area (Å²) < 4.78 is 17.9. The lowest BCUT2D eigenvalue weighted by Gasteiger charge is -2.06. The van der Waals surface area contributed by atoms with Crippen molar-refractivity contribution < 1.29 is 13.9 Å². The summed E-state index contributed by atoms with van der Waals surface area (Å²) in [5, 5.41) is 0.579. The Morgan fingerprint density at radius 3 is 2.76 bits per heavy atom. The highest BCUT2D eigenvalue weighted by molar-refractivity contribution is 7.99. The maximum Gasteiger partial charge on any atom is 0.364 e. The first-order chi connectivity index (χ1) is 10.1. The first kappa shape index (κ1) is 15.7. The lowest BCUT2D eigenvalue weighted by Crippen LogP contribution is -2.12. The normalized spacial score (nSPS) is 10.4. The Labute approximate surface area is 130 Å². The van der Waals surface area contributed by atoms with Gasteiger partial charge < -0.3 is 4.74 Å². The fourth-order valence-electron chi connectivity index (χ4n) is 1.41. The van der Waals surface area contributed by atoms with Gasteiger partial charge in [0, 0.05) is 5.75 Å². The maximum atomic E-state index is 12.8. The Morgan fingerprint density at radius 2 is 2.10 bits per heavy atom. The number of carbonyl (C=O) groups is 1. The number of aromatic nitrogens is 2. The number of esters is 1. The second-order valence-corrected chi connectivity index (χ2v) is 5.51. The molecular weight excluding hydrogens is 315 g/mol. The van der Waals surface area contributed by atoms with Crippen LogP contribution in [0, 0.1) is 5.82 Å². The number of nitrogens with zero attached hydrogens (tertiary/aromatic N) is 2. The first-order valence-electron chi connectivity index (χ1n) is 6.23. The number of carbonyl (C=O) groups excluding carboxylic acids is 1. The zero-order valence-electron chi connectivity index (χ0n) is 11.2. The molecule has 0 aliphatic carbocycles. The van der Waals surface area contributed by atoms with Crippen LogP contribution in [0.15, 0.2) is 35.6 Å². The van der Waals surface area contributed by atoms with Crippen molar-refractivity contribution in [2.75, 3.05) is 5.75 Å². The van der Waals surface area contributed by atoms with Crippen LogP contribution in [0.25, 0.3) is 0 Å². The molecule has 0 amide bonds. The summed E-state index contributed by atoms with van der Waals surface area (Å²) in [6, 6.07) is 5.11. The quantitative estimate of drug-likeness (QED) is 0.360. The van der Waals surface area contributed by atoms with Crippen molar-refractivity contribution in [1.29, 1.82) is 0 Å². The monoisotopic (exact) mass is 326 g/mol. The van der Waals surface area contributed by atoms with E-state index in [1.165, 1.54) is 42.2 Å². The third kappa shape index (κ3) is 4.41. The number of halogens is 2. The van der Waals surface area contributed by atoms with E-state index in [0.717, 1.165) is 12.2 Å². The summed E-state index contributed by atoms with van der Waals surface area (Å²) in [6.07, 6.45) is 2.33. The van der Waals surface area contributed by atoms with Gasteiger partial charge in [0.25, 0.3) is 0 Å². The first-order valence-corrected chi connectivity index (χ1v) is 7.59. The minimum atomic E-state index is -0.702. The molecule has 0 aliphatic rings. The molecule has 1 heterocycles. The molecule has 0 aliphatic heterocycles. The maximum absolute atomic E-state index is 12.8. The van der Waals surface area contributed by atoms with Crippen LogP contribution in [0.5, 0.6) is 5.75 Å². The van der Waals surface area contributed by atoms with E-state index in [1.54, 1.807) is 0 Å². The Bertz CT molecular complexity index is 637. The Hall–Kier alpha value is -1.66. The molecule has 1 aromatic heterocycles. The van der Waals surface area contributed by atoms with Gasteiger partial charge in [0.2, 0.25) is 0 Å². The molecule has 0 N–H and O–H groups in total. The van der Waals surface area contributed by atoms with Crippen molar-refractivity contribution in [2.24, 2.45) is 0 Å². The molecule has 4 nitrogen and oxygen atoms in total. The fourth-order valence-corrected chi connectivity index (χ4v) is 2.25. The molecule has 0 radical (unpaired) electrons. The number of benzene rings is 1. The number of ether oxygens (including phenoxy) is 1. The average Bonchev–Trinajstić information content (AvgIpc) is 2.48. The van der Waals surface area contributed by atoms with Gasteiger partial charge in [-0.2, -0.15) is 0 Å². The molecule has 110 valence electrons. The minimum Gasteiger partial charge on any atom is -0.422 e. The molecule has 0 saturated carbocycles. The molecular formula is C14H12ClFN2O2S. The van der Waals surface area contributed by atoms with Crippen LogP contribution < -0.4 is 4.74 Å². The van der Waals surface area contributed by atoms with E-state index < -0.39 is 11.8 Å². The van der Waals surface area contributed by atoms with Crippen LogP contribution in [0.4, 0.5) is 4.39 Å².